The third-order valence-corrected chi connectivity index (χ3v) is 1.22. The predicted molar refractivity (Wildman–Crippen MR) is 49.8 cm³/mol. The Labute approximate surface area is 94.8 Å². The highest BCUT2D eigenvalue weighted by Crippen LogP contribution is 2.25. The summed E-state index contributed by atoms with van der Waals surface area (Å²) in [6, 6.07) is 0. The van der Waals surface area contributed by atoms with Crippen molar-refractivity contribution in [2.24, 2.45) is 0 Å². The number of rotatable bonds is 4. The Morgan fingerprint density at radius 2 is 1.79 bits per heavy atom. The molecule has 0 radical (unpaired) electrons. The molecule has 5 nitrogen and oxygen atoms in total. The third kappa shape index (κ3) is 9.70. The van der Waals surface area contributed by atoms with Gasteiger partial charge in [-0.15, -0.1) is 0 Å². The molecule has 14 heavy (non-hydrogen) atoms. The van der Waals surface area contributed by atoms with Gasteiger partial charge in [0.05, 0.1) is 6.42 Å². The SMILES string of the molecule is O=C(O)CCOC(=O)OCC(Cl)(Cl)Cl. The first-order chi connectivity index (χ1) is 6.31. The number of hydrogen-bond acceptors (Lipinski definition) is 4. The van der Waals surface area contributed by atoms with E-state index in [1.807, 2.05) is 0 Å². The summed E-state index contributed by atoms with van der Waals surface area (Å²) in [6.07, 6.45) is -1.37. The average Bonchev–Trinajstić information content (AvgIpc) is 1.99. The van der Waals surface area contributed by atoms with E-state index < -0.39 is 22.5 Å². The van der Waals surface area contributed by atoms with Crippen LogP contribution >= 0.6 is 34.8 Å². The molecule has 0 atom stereocenters. The van der Waals surface area contributed by atoms with Gasteiger partial charge < -0.3 is 14.6 Å². The van der Waals surface area contributed by atoms with E-state index in [-0.39, 0.29) is 13.0 Å². The number of halogens is 3. The Balaban J connectivity index is 3.52. The molecule has 0 heterocycles. The molecule has 0 saturated heterocycles. The van der Waals surface area contributed by atoms with Crippen molar-refractivity contribution in [1.82, 2.24) is 0 Å². The highest BCUT2D eigenvalue weighted by Gasteiger charge is 2.22. The standard InChI is InChI=1S/C6H7Cl3O5/c7-6(8,9)3-14-5(12)13-2-1-4(10)11/h1-3H2,(H,10,11). The van der Waals surface area contributed by atoms with Crippen molar-refractivity contribution >= 4 is 46.9 Å². The van der Waals surface area contributed by atoms with Gasteiger partial charge in [-0.05, 0) is 0 Å². The van der Waals surface area contributed by atoms with Crippen molar-refractivity contribution in [1.29, 1.82) is 0 Å². The fourth-order valence-corrected chi connectivity index (χ4v) is 0.568. The van der Waals surface area contributed by atoms with Gasteiger partial charge in [0.15, 0.2) is 0 Å². The van der Waals surface area contributed by atoms with E-state index in [0.717, 1.165) is 0 Å². The smallest absolute Gasteiger partial charge is 0.481 e. The number of alkyl halides is 3. The molecule has 0 bridgehead atoms. The zero-order chi connectivity index (χ0) is 11.2. The Bertz CT molecular complexity index is 212. The summed E-state index contributed by atoms with van der Waals surface area (Å²) >= 11 is 15.8. The van der Waals surface area contributed by atoms with Gasteiger partial charge in [0.1, 0.15) is 13.2 Å². The first kappa shape index (κ1) is 13.6. The van der Waals surface area contributed by atoms with Gasteiger partial charge in [-0.3, -0.25) is 4.79 Å². The Kier molecular flexibility index (Phi) is 5.99. The number of carbonyl (C=O) groups is 2. The van der Waals surface area contributed by atoms with E-state index in [1.165, 1.54) is 0 Å². The molecule has 0 fully saturated rings. The highest BCUT2D eigenvalue weighted by atomic mass is 35.6. The second-order valence-corrected chi connectivity index (χ2v) is 4.66. The van der Waals surface area contributed by atoms with Gasteiger partial charge >= 0.3 is 12.1 Å². The second-order valence-electron chi connectivity index (χ2n) is 2.15. The topological polar surface area (TPSA) is 72.8 Å². The summed E-state index contributed by atoms with van der Waals surface area (Å²) < 4.78 is 6.97. The summed E-state index contributed by atoms with van der Waals surface area (Å²) in [4.78, 5) is 20.7. The molecular formula is C6H7Cl3O5. The van der Waals surface area contributed by atoms with E-state index in [2.05, 4.69) is 9.47 Å². The number of ether oxygens (including phenoxy) is 2. The van der Waals surface area contributed by atoms with Crippen LogP contribution < -0.4 is 0 Å². The summed E-state index contributed by atoms with van der Waals surface area (Å²) in [6.45, 7) is -0.738. The number of hydrogen-bond donors (Lipinski definition) is 1. The fraction of sp³-hybridized carbons (Fsp3) is 0.667. The summed E-state index contributed by atoms with van der Waals surface area (Å²) in [5.41, 5.74) is 0. The van der Waals surface area contributed by atoms with Gasteiger partial charge in [-0.25, -0.2) is 4.79 Å². The van der Waals surface area contributed by atoms with Gasteiger partial charge in [-0.2, -0.15) is 0 Å². The fourth-order valence-electron chi connectivity index (χ4n) is 0.404. The van der Waals surface area contributed by atoms with Crippen LogP contribution in [0.2, 0.25) is 0 Å². The van der Waals surface area contributed by atoms with Gasteiger partial charge in [-0.1, -0.05) is 34.8 Å². The zero-order valence-electron chi connectivity index (χ0n) is 6.84. The molecule has 0 spiro atoms. The largest absolute Gasteiger partial charge is 0.508 e. The van der Waals surface area contributed by atoms with Crippen LogP contribution in [0.5, 0.6) is 0 Å². The van der Waals surface area contributed by atoms with Crippen LogP contribution in [0.3, 0.4) is 0 Å². The van der Waals surface area contributed by atoms with Crippen LogP contribution in [0, 0.1) is 0 Å². The molecule has 0 amide bonds. The van der Waals surface area contributed by atoms with Crippen molar-refractivity contribution in [3.63, 3.8) is 0 Å². The maximum absolute atomic E-state index is 10.7. The lowest BCUT2D eigenvalue weighted by molar-refractivity contribution is -0.137. The maximum Gasteiger partial charge on any atom is 0.508 e. The van der Waals surface area contributed by atoms with E-state index >= 15 is 0 Å². The van der Waals surface area contributed by atoms with Gasteiger partial charge in [0, 0.05) is 0 Å². The average molecular weight is 265 g/mol. The minimum atomic E-state index is -1.70. The summed E-state index contributed by atoms with van der Waals surface area (Å²) in [5, 5.41) is 8.19. The molecule has 8 heteroatoms. The molecule has 0 aromatic heterocycles. The first-order valence-electron chi connectivity index (χ1n) is 3.39. The lowest BCUT2D eigenvalue weighted by Crippen LogP contribution is -2.18. The number of carboxylic acid groups (broad SMARTS) is 1. The van der Waals surface area contributed by atoms with Gasteiger partial charge in [0.25, 0.3) is 0 Å². The Morgan fingerprint density at radius 3 is 2.21 bits per heavy atom. The van der Waals surface area contributed by atoms with Crippen LogP contribution in [0.4, 0.5) is 4.79 Å². The predicted octanol–water partition coefficient (Wildman–Crippen LogP) is 1.98. The van der Waals surface area contributed by atoms with Crippen molar-refractivity contribution in [3.8, 4) is 0 Å². The van der Waals surface area contributed by atoms with E-state index in [4.69, 9.17) is 39.9 Å². The van der Waals surface area contributed by atoms with E-state index in [9.17, 15) is 9.59 Å². The van der Waals surface area contributed by atoms with Crippen molar-refractivity contribution < 1.29 is 24.2 Å². The normalized spacial score (nSPS) is 10.8. The number of aliphatic carboxylic acids is 1. The molecule has 82 valence electrons. The molecular weight excluding hydrogens is 258 g/mol. The van der Waals surface area contributed by atoms with Crippen LogP contribution in [0.15, 0.2) is 0 Å². The van der Waals surface area contributed by atoms with Crippen LogP contribution in [-0.4, -0.2) is 34.2 Å². The Hall–Kier alpha value is -0.390. The maximum atomic E-state index is 10.7. The molecule has 0 aliphatic heterocycles. The summed E-state index contributed by atoms with van der Waals surface area (Å²) in [5.74, 6) is -1.08. The van der Waals surface area contributed by atoms with Crippen LogP contribution in [0.1, 0.15) is 6.42 Å². The minimum Gasteiger partial charge on any atom is -0.481 e. The van der Waals surface area contributed by atoms with Crippen LogP contribution in [0.25, 0.3) is 0 Å². The van der Waals surface area contributed by atoms with E-state index in [0.29, 0.717) is 0 Å². The minimum absolute atomic E-state index is 0.284. The first-order valence-corrected chi connectivity index (χ1v) is 4.53. The molecule has 0 aliphatic carbocycles. The lowest BCUT2D eigenvalue weighted by atomic mass is 10.5. The molecule has 0 saturated carbocycles. The number of carboxylic acids is 1. The molecule has 0 rings (SSSR count). The monoisotopic (exact) mass is 264 g/mol. The molecule has 1 N–H and O–H groups in total. The van der Waals surface area contributed by atoms with Gasteiger partial charge in [0.2, 0.25) is 3.79 Å². The Morgan fingerprint density at radius 1 is 1.21 bits per heavy atom. The molecule has 0 aliphatic rings. The zero-order valence-corrected chi connectivity index (χ0v) is 9.10. The third-order valence-electron chi connectivity index (χ3n) is 0.890. The van der Waals surface area contributed by atoms with E-state index in [1.54, 1.807) is 0 Å². The highest BCUT2D eigenvalue weighted by molar-refractivity contribution is 6.67. The van der Waals surface area contributed by atoms with Crippen molar-refractivity contribution in [2.75, 3.05) is 13.2 Å². The van der Waals surface area contributed by atoms with Crippen molar-refractivity contribution in [2.45, 2.75) is 10.2 Å². The molecule has 0 unspecified atom stereocenters. The molecule has 0 aromatic carbocycles. The lowest BCUT2D eigenvalue weighted by Gasteiger charge is -2.10. The van der Waals surface area contributed by atoms with Crippen molar-refractivity contribution in [3.05, 3.63) is 0 Å². The quantitative estimate of drug-likeness (QED) is 0.621. The number of carbonyl (C=O) groups excluding carboxylic acids is 1. The summed E-state index contributed by atoms with van der Waals surface area (Å²) in [7, 11) is 0. The second kappa shape index (κ2) is 6.16. The molecule has 0 aromatic rings. The van der Waals surface area contributed by atoms with Crippen LogP contribution in [-0.2, 0) is 14.3 Å².